The van der Waals surface area contributed by atoms with Crippen LogP contribution in [0, 0.1) is 0 Å². The molecular formula is C24H20ClNO5. The molecule has 2 aromatic carbocycles. The third-order valence-corrected chi connectivity index (χ3v) is 5.33. The maximum atomic E-state index is 13.1. The number of ketones is 1. The van der Waals surface area contributed by atoms with Gasteiger partial charge in [-0.15, -0.1) is 0 Å². The lowest BCUT2D eigenvalue weighted by Gasteiger charge is -2.26. The SMILES string of the molecule is CCOc1ccccc1C1/C(=C(/O)c2ccc(Cl)cc2)C(=O)C(=O)N1Cc1ccco1. The highest BCUT2D eigenvalue weighted by Gasteiger charge is 2.47. The zero-order chi connectivity index (χ0) is 22.0. The Morgan fingerprint density at radius 2 is 1.84 bits per heavy atom. The largest absolute Gasteiger partial charge is 0.507 e. The number of likely N-dealkylation sites (tertiary alicyclic amines) is 1. The molecule has 31 heavy (non-hydrogen) atoms. The number of rotatable bonds is 6. The second-order valence-electron chi connectivity index (χ2n) is 6.98. The van der Waals surface area contributed by atoms with Crippen LogP contribution in [0.3, 0.4) is 0 Å². The number of nitrogens with zero attached hydrogens (tertiary/aromatic N) is 1. The number of amides is 1. The number of para-hydroxylation sites is 1. The van der Waals surface area contributed by atoms with E-state index in [4.69, 9.17) is 20.8 Å². The molecule has 2 heterocycles. The van der Waals surface area contributed by atoms with Crippen molar-refractivity contribution in [3.63, 3.8) is 0 Å². The Hall–Kier alpha value is -3.51. The number of hydrogen-bond donors (Lipinski definition) is 1. The van der Waals surface area contributed by atoms with Crippen LogP contribution in [0.2, 0.25) is 5.02 Å². The van der Waals surface area contributed by atoms with Crippen LogP contribution in [0.25, 0.3) is 5.76 Å². The van der Waals surface area contributed by atoms with Crippen LogP contribution in [0.5, 0.6) is 5.75 Å². The maximum Gasteiger partial charge on any atom is 0.296 e. The van der Waals surface area contributed by atoms with E-state index < -0.39 is 17.7 Å². The highest BCUT2D eigenvalue weighted by Crippen LogP contribution is 2.43. The molecule has 6 nitrogen and oxygen atoms in total. The van der Waals surface area contributed by atoms with Crippen LogP contribution in [-0.2, 0) is 16.1 Å². The van der Waals surface area contributed by atoms with Gasteiger partial charge < -0.3 is 19.2 Å². The van der Waals surface area contributed by atoms with Crippen molar-refractivity contribution >= 4 is 29.1 Å². The van der Waals surface area contributed by atoms with Crippen LogP contribution < -0.4 is 4.74 Å². The van der Waals surface area contributed by atoms with Gasteiger partial charge >= 0.3 is 0 Å². The molecule has 0 saturated carbocycles. The summed E-state index contributed by atoms with van der Waals surface area (Å²) in [5.41, 5.74) is 0.982. The number of carbonyl (C=O) groups is 2. The Morgan fingerprint density at radius 3 is 2.52 bits per heavy atom. The lowest BCUT2D eigenvalue weighted by molar-refractivity contribution is -0.140. The van der Waals surface area contributed by atoms with Crippen LogP contribution in [-0.4, -0.2) is 28.3 Å². The molecule has 0 bridgehead atoms. The molecule has 1 aromatic heterocycles. The summed E-state index contributed by atoms with van der Waals surface area (Å²) in [6.07, 6.45) is 1.50. The summed E-state index contributed by atoms with van der Waals surface area (Å²) in [6, 6.07) is 16.2. The van der Waals surface area contributed by atoms with Crippen molar-refractivity contribution in [3.8, 4) is 5.75 Å². The first kappa shape index (κ1) is 20.8. The summed E-state index contributed by atoms with van der Waals surface area (Å²) in [7, 11) is 0. The molecule has 4 rings (SSSR count). The van der Waals surface area contributed by atoms with Crippen molar-refractivity contribution in [1.82, 2.24) is 4.90 Å². The van der Waals surface area contributed by atoms with Gasteiger partial charge in [-0.1, -0.05) is 29.8 Å². The van der Waals surface area contributed by atoms with Gasteiger partial charge in [0.2, 0.25) is 0 Å². The summed E-state index contributed by atoms with van der Waals surface area (Å²) < 4.78 is 11.2. The van der Waals surface area contributed by atoms with Crippen molar-refractivity contribution < 1.29 is 23.8 Å². The van der Waals surface area contributed by atoms with Gasteiger partial charge in [-0.25, -0.2) is 0 Å². The minimum Gasteiger partial charge on any atom is -0.507 e. The Labute approximate surface area is 184 Å². The van der Waals surface area contributed by atoms with E-state index in [1.165, 1.54) is 11.2 Å². The molecule has 1 aliphatic rings. The zero-order valence-corrected chi connectivity index (χ0v) is 17.5. The van der Waals surface area contributed by atoms with Crippen molar-refractivity contribution in [2.45, 2.75) is 19.5 Å². The van der Waals surface area contributed by atoms with Crippen LogP contribution >= 0.6 is 11.6 Å². The molecule has 3 aromatic rings. The number of benzene rings is 2. The molecule has 1 unspecified atom stereocenters. The first-order valence-electron chi connectivity index (χ1n) is 9.79. The molecule has 1 amide bonds. The first-order valence-corrected chi connectivity index (χ1v) is 10.2. The lowest BCUT2D eigenvalue weighted by atomic mass is 9.94. The van der Waals surface area contributed by atoms with E-state index in [-0.39, 0.29) is 17.9 Å². The van der Waals surface area contributed by atoms with E-state index in [0.717, 1.165) is 0 Å². The fourth-order valence-electron chi connectivity index (χ4n) is 3.69. The van der Waals surface area contributed by atoms with E-state index in [1.54, 1.807) is 54.6 Å². The number of aliphatic hydroxyl groups excluding tert-OH is 1. The Bertz CT molecular complexity index is 1140. The molecule has 1 aliphatic heterocycles. The van der Waals surface area contributed by atoms with Crippen molar-refractivity contribution in [2.24, 2.45) is 0 Å². The molecule has 158 valence electrons. The van der Waals surface area contributed by atoms with Gasteiger partial charge in [-0.2, -0.15) is 0 Å². The van der Waals surface area contributed by atoms with E-state index in [1.807, 2.05) is 13.0 Å². The number of aliphatic hydroxyl groups is 1. The summed E-state index contributed by atoms with van der Waals surface area (Å²) in [5, 5.41) is 11.6. The third kappa shape index (κ3) is 3.94. The van der Waals surface area contributed by atoms with Gasteiger partial charge in [0.1, 0.15) is 17.3 Å². The van der Waals surface area contributed by atoms with Gasteiger partial charge in [0.25, 0.3) is 11.7 Å². The number of hydrogen-bond acceptors (Lipinski definition) is 5. The summed E-state index contributed by atoms with van der Waals surface area (Å²) in [5.74, 6) is -0.706. The monoisotopic (exact) mass is 437 g/mol. The van der Waals surface area contributed by atoms with Crippen LogP contribution in [0.15, 0.2) is 76.9 Å². The molecular weight excluding hydrogens is 418 g/mol. The van der Waals surface area contributed by atoms with E-state index in [0.29, 0.717) is 34.3 Å². The molecule has 1 N–H and O–H groups in total. The number of Topliss-reactive ketones (excluding diaryl/α,β-unsaturated/α-hetero) is 1. The number of carbonyl (C=O) groups excluding carboxylic acids is 2. The molecule has 1 fully saturated rings. The number of furan rings is 1. The Balaban J connectivity index is 1.90. The predicted molar refractivity (Wildman–Crippen MR) is 116 cm³/mol. The molecule has 1 atom stereocenters. The normalized spacial score (nSPS) is 17.9. The lowest BCUT2D eigenvalue weighted by Crippen LogP contribution is -2.29. The van der Waals surface area contributed by atoms with E-state index >= 15 is 0 Å². The average Bonchev–Trinajstić information content (AvgIpc) is 3.37. The average molecular weight is 438 g/mol. The Morgan fingerprint density at radius 1 is 1.10 bits per heavy atom. The zero-order valence-electron chi connectivity index (χ0n) is 16.7. The number of ether oxygens (including phenoxy) is 1. The second-order valence-corrected chi connectivity index (χ2v) is 7.42. The first-order chi connectivity index (χ1) is 15.0. The molecule has 0 radical (unpaired) electrons. The quantitative estimate of drug-likeness (QED) is 0.335. The second kappa shape index (κ2) is 8.70. The van der Waals surface area contributed by atoms with Crippen LogP contribution in [0.4, 0.5) is 0 Å². The highest BCUT2D eigenvalue weighted by molar-refractivity contribution is 6.46. The summed E-state index contributed by atoms with van der Waals surface area (Å²) >= 11 is 5.96. The van der Waals surface area contributed by atoms with Crippen LogP contribution in [0.1, 0.15) is 29.9 Å². The van der Waals surface area contributed by atoms with Crippen molar-refractivity contribution in [2.75, 3.05) is 6.61 Å². The van der Waals surface area contributed by atoms with Gasteiger partial charge in [0.15, 0.2) is 0 Å². The van der Waals surface area contributed by atoms with Gasteiger partial charge in [0.05, 0.1) is 31.0 Å². The maximum absolute atomic E-state index is 13.1. The minimum absolute atomic E-state index is 0.00830. The fraction of sp³-hybridized carbons (Fsp3) is 0.167. The predicted octanol–water partition coefficient (Wildman–Crippen LogP) is 4.95. The highest BCUT2D eigenvalue weighted by atomic mass is 35.5. The van der Waals surface area contributed by atoms with Crippen molar-refractivity contribution in [1.29, 1.82) is 0 Å². The van der Waals surface area contributed by atoms with Gasteiger partial charge in [0, 0.05) is 16.1 Å². The summed E-state index contributed by atoms with van der Waals surface area (Å²) in [6.45, 7) is 2.33. The Kier molecular flexibility index (Phi) is 5.82. The van der Waals surface area contributed by atoms with Crippen molar-refractivity contribution in [3.05, 3.63) is 94.4 Å². The van der Waals surface area contributed by atoms with Gasteiger partial charge in [-0.3, -0.25) is 9.59 Å². The van der Waals surface area contributed by atoms with E-state index in [2.05, 4.69) is 0 Å². The fourth-order valence-corrected chi connectivity index (χ4v) is 3.82. The standard InChI is InChI=1S/C24H20ClNO5/c1-2-30-19-8-4-3-7-18(19)21-20(22(27)15-9-11-16(25)12-10-15)23(28)24(29)26(21)14-17-6-5-13-31-17/h3-13,21,27H,2,14H2,1H3/b22-20-. The summed E-state index contributed by atoms with van der Waals surface area (Å²) in [4.78, 5) is 27.5. The molecule has 7 heteroatoms. The third-order valence-electron chi connectivity index (χ3n) is 5.08. The minimum atomic E-state index is -0.844. The molecule has 0 spiro atoms. The smallest absolute Gasteiger partial charge is 0.296 e. The topological polar surface area (TPSA) is 80.0 Å². The number of halogens is 1. The molecule has 1 saturated heterocycles. The van der Waals surface area contributed by atoms with E-state index in [9.17, 15) is 14.7 Å². The molecule has 0 aliphatic carbocycles. The van der Waals surface area contributed by atoms with Gasteiger partial charge in [-0.05, 0) is 49.4 Å².